The molecule has 0 aliphatic heterocycles. The first-order valence-electron chi connectivity index (χ1n) is 9.33. The number of aromatic nitrogens is 1. The fourth-order valence-corrected chi connectivity index (χ4v) is 3.54. The van der Waals surface area contributed by atoms with Crippen LogP contribution in [-0.2, 0) is 4.74 Å². The molecule has 4 nitrogen and oxygen atoms in total. The first-order chi connectivity index (χ1) is 14.1. The maximum absolute atomic E-state index is 13.2. The number of pyridine rings is 1. The average molecular weight is 386 g/mol. The molecule has 1 aromatic heterocycles. The van der Waals surface area contributed by atoms with Crippen molar-refractivity contribution in [2.45, 2.75) is 12.8 Å². The highest BCUT2D eigenvalue weighted by Crippen LogP contribution is 2.44. The summed E-state index contributed by atoms with van der Waals surface area (Å²) >= 11 is 0. The fourth-order valence-electron chi connectivity index (χ4n) is 3.54. The van der Waals surface area contributed by atoms with Crippen molar-refractivity contribution >= 4 is 6.09 Å². The second kappa shape index (κ2) is 8.15. The Labute approximate surface area is 168 Å². The van der Waals surface area contributed by atoms with Crippen LogP contribution in [-0.4, -0.2) is 24.2 Å². The molecule has 1 aliphatic rings. The van der Waals surface area contributed by atoms with Crippen LogP contribution in [0.2, 0.25) is 0 Å². The molecule has 0 saturated heterocycles. The molecule has 1 N–H and O–H groups in total. The number of ether oxygens (including phenoxy) is 1. The third kappa shape index (κ3) is 3.97. The molecular weight excluding hydrogens is 367 g/mol. The van der Waals surface area contributed by atoms with Gasteiger partial charge in [0.25, 0.3) is 0 Å². The number of aryl methyl sites for hydroxylation is 1. The smallest absolute Gasteiger partial charge is 0.407 e. The molecule has 2 aromatic carbocycles. The van der Waals surface area contributed by atoms with Crippen LogP contribution in [0.15, 0.2) is 60.8 Å². The van der Waals surface area contributed by atoms with E-state index in [4.69, 9.17) is 4.74 Å². The van der Waals surface area contributed by atoms with Crippen LogP contribution < -0.4 is 5.32 Å². The van der Waals surface area contributed by atoms with Crippen LogP contribution in [0.4, 0.5) is 9.18 Å². The van der Waals surface area contributed by atoms with E-state index in [0.29, 0.717) is 5.56 Å². The van der Waals surface area contributed by atoms with Gasteiger partial charge in [0, 0.05) is 23.7 Å². The summed E-state index contributed by atoms with van der Waals surface area (Å²) in [6, 6.07) is 17.6. The van der Waals surface area contributed by atoms with Crippen LogP contribution in [0.1, 0.15) is 28.2 Å². The SMILES string of the molecule is Cc1cnc(F)cc1C#CCNC(=O)OCC1c2ccccc2-c2ccccc21. The highest BCUT2D eigenvalue weighted by molar-refractivity contribution is 5.79. The van der Waals surface area contributed by atoms with E-state index < -0.39 is 12.0 Å². The van der Waals surface area contributed by atoms with Crippen LogP contribution in [0.3, 0.4) is 0 Å². The lowest BCUT2D eigenvalue weighted by atomic mass is 9.98. The summed E-state index contributed by atoms with van der Waals surface area (Å²) in [5, 5.41) is 2.61. The Hall–Kier alpha value is -3.65. The summed E-state index contributed by atoms with van der Waals surface area (Å²) in [6.07, 6.45) is 0.900. The summed E-state index contributed by atoms with van der Waals surface area (Å²) in [5.41, 5.74) is 6.02. The summed E-state index contributed by atoms with van der Waals surface area (Å²) in [6.45, 7) is 2.16. The average Bonchev–Trinajstić information content (AvgIpc) is 3.06. The van der Waals surface area contributed by atoms with Crippen LogP contribution in [0.5, 0.6) is 0 Å². The van der Waals surface area contributed by atoms with Crippen molar-refractivity contribution in [3.05, 3.63) is 89.0 Å². The number of nitrogens with one attached hydrogen (secondary N) is 1. The first kappa shape index (κ1) is 18.7. The van der Waals surface area contributed by atoms with E-state index in [0.717, 1.165) is 16.7 Å². The minimum atomic E-state index is -0.579. The van der Waals surface area contributed by atoms with Gasteiger partial charge >= 0.3 is 6.09 Å². The highest BCUT2D eigenvalue weighted by Gasteiger charge is 2.28. The van der Waals surface area contributed by atoms with Crippen molar-refractivity contribution in [3.8, 4) is 23.0 Å². The molecule has 0 saturated carbocycles. The number of carbonyl (C=O) groups excluding carboxylic acids is 1. The predicted octanol–water partition coefficient (Wildman–Crippen LogP) is 4.42. The van der Waals surface area contributed by atoms with Crippen molar-refractivity contribution < 1.29 is 13.9 Å². The van der Waals surface area contributed by atoms with E-state index in [1.807, 2.05) is 24.3 Å². The topological polar surface area (TPSA) is 51.2 Å². The first-order valence-corrected chi connectivity index (χ1v) is 9.33. The van der Waals surface area contributed by atoms with Gasteiger partial charge in [-0.05, 0) is 34.7 Å². The maximum atomic E-state index is 13.2. The van der Waals surface area contributed by atoms with Gasteiger partial charge in [-0.3, -0.25) is 0 Å². The zero-order chi connectivity index (χ0) is 20.2. The van der Waals surface area contributed by atoms with E-state index in [1.54, 1.807) is 6.92 Å². The Morgan fingerprint density at radius 3 is 2.48 bits per heavy atom. The van der Waals surface area contributed by atoms with E-state index in [1.165, 1.54) is 23.4 Å². The van der Waals surface area contributed by atoms with Gasteiger partial charge in [0.15, 0.2) is 0 Å². The predicted molar refractivity (Wildman–Crippen MR) is 109 cm³/mol. The number of benzene rings is 2. The van der Waals surface area contributed by atoms with Crippen LogP contribution >= 0.6 is 0 Å². The number of hydrogen-bond donors (Lipinski definition) is 1. The number of alkyl carbamates (subject to hydrolysis) is 1. The fraction of sp³-hybridized carbons (Fsp3) is 0.167. The zero-order valence-electron chi connectivity index (χ0n) is 15.9. The maximum Gasteiger partial charge on any atom is 0.407 e. The van der Waals surface area contributed by atoms with Crippen molar-refractivity contribution in [2.75, 3.05) is 13.2 Å². The summed E-state index contributed by atoms with van der Waals surface area (Å²) in [4.78, 5) is 15.7. The lowest BCUT2D eigenvalue weighted by Crippen LogP contribution is -2.26. The molecule has 1 heterocycles. The minimum Gasteiger partial charge on any atom is -0.449 e. The number of nitrogens with zero attached hydrogens (tertiary/aromatic N) is 1. The lowest BCUT2D eigenvalue weighted by Gasteiger charge is -2.14. The van der Waals surface area contributed by atoms with E-state index >= 15 is 0 Å². The Bertz CT molecular complexity index is 1090. The number of halogens is 1. The molecule has 0 radical (unpaired) electrons. The second-order valence-corrected chi connectivity index (χ2v) is 6.80. The molecule has 144 valence electrons. The quantitative estimate of drug-likeness (QED) is 0.536. The molecule has 0 fully saturated rings. The van der Waals surface area contributed by atoms with Crippen molar-refractivity contribution in [1.29, 1.82) is 0 Å². The monoisotopic (exact) mass is 386 g/mol. The van der Waals surface area contributed by atoms with E-state index in [2.05, 4.69) is 46.4 Å². The largest absolute Gasteiger partial charge is 0.449 e. The molecule has 0 atom stereocenters. The lowest BCUT2D eigenvalue weighted by molar-refractivity contribution is 0.144. The van der Waals surface area contributed by atoms with Gasteiger partial charge in [-0.25, -0.2) is 9.78 Å². The normalized spacial score (nSPS) is 11.8. The number of hydrogen-bond acceptors (Lipinski definition) is 3. The third-order valence-electron chi connectivity index (χ3n) is 4.96. The Kier molecular flexibility index (Phi) is 5.26. The molecule has 0 spiro atoms. The van der Waals surface area contributed by atoms with Gasteiger partial charge in [0.2, 0.25) is 5.95 Å². The Morgan fingerprint density at radius 1 is 1.14 bits per heavy atom. The summed E-state index contributed by atoms with van der Waals surface area (Å²) < 4.78 is 18.6. The minimum absolute atomic E-state index is 0.0154. The number of amides is 1. The van der Waals surface area contributed by atoms with Crippen LogP contribution in [0, 0.1) is 24.7 Å². The number of rotatable bonds is 3. The number of carbonyl (C=O) groups is 1. The van der Waals surface area contributed by atoms with Crippen molar-refractivity contribution in [3.63, 3.8) is 0 Å². The molecule has 0 bridgehead atoms. The molecule has 3 aromatic rings. The summed E-state index contributed by atoms with van der Waals surface area (Å²) in [7, 11) is 0. The van der Waals surface area contributed by atoms with Gasteiger partial charge in [-0.15, -0.1) is 0 Å². The van der Waals surface area contributed by atoms with Gasteiger partial charge in [-0.1, -0.05) is 60.4 Å². The van der Waals surface area contributed by atoms with Gasteiger partial charge < -0.3 is 10.1 Å². The zero-order valence-corrected chi connectivity index (χ0v) is 15.9. The van der Waals surface area contributed by atoms with E-state index in [-0.39, 0.29) is 19.1 Å². The van der Waals surface area contributed by atoms with Crippen molar-refractivity contribution in [2.24, 2.45) is 0 Å². The standard InChI is InChI=1S/C24H19FN2O2/c1-16-14-27-23(25)13-17(16)7-6-12-26-24(28)29-15-22-20-10-4-2-8-18(20)19-9-3-5-11-21(19)22/h2-5,8-11,13-14,22H,12,15H2,1H3,(H,26,28). The molecule has 4 rings (SSSR count). The molecule has 1 amide bonds. The van der Waals surface area contributed by atoms with E-state index in [9.17, 15) is 9.18 Å². The molecule has 1 aliphatic carbocycles. The molecule has 5 heteroatoms. The Balaban J connectivity index is 1.36. The second-order valence-electron chi connectivity index (χ2n) is 6.80. The summed E-state index contributed by atoms with van der Waals surface area (Å²) in [5.74, 6) is 5.07. The van der Waals surface area contributed by atoms with Crippen LogP contribution in [0.25, 0.3) is 11.1 Å². The molecular formula is C24H19FN2O2. The van der Waals surface area contributed by atoms with Gasteiger partial charge in [-0.2, -0.15) is 4.39 Å². The highest BCUT2D eigenvalue weighted by atomic mass is 19.1. The number of fused-ring (bicyclic) bond motifs is 3. The van der Waals surface area contributed by atoms with Crippen molar-refractivity contribution in [1.82, 2.24) is 10.3 Å². The molecule has 29 heavy (non-hydrogen) atoms. The van der Waals surface area contributed by atoms with Gasteiger partial charge in [0.05, 0.1) is 6.54 Å². The Morgan fingerprint density at radius 2 is 1.79 bits per heavy atom. The third-order valence-corrected chi connectivity index (χ3v) is 4.96. The molecule has 0 unspecified atom stereocenters. The van der Waals surface area contributed by atoms with Gasteiger partial charge in [0.1, 0.15) is 6.61 Å².